The number of hydrogen-bond donors (Lipinski definition) is 1. The summed E-state index contributed by atoms with van der Waals surface area (Å²) in [6.07, 6.45) is 5.50. The van der Waals surface area contributed by atoms with Gasteiger partial charge in [-0.2, -0.15) is 0 Å². The molecule has 0 aliphatic carbocycles. The van der Waals surface area contributed by atoms with Crippen molar-refractivity contribution < 1.29 is 0 Å². The van der Waals surface area contributed by atoms with E-state index in [0.717, 1.165) is 17.9 Å². The van der Waals surface area contributed by atoms with Crippen LogP contribution >= 0.6 is 0 Å². The lowest BCUT2D eigenvalue weighted by molar-refractivity contribution is 0.134. The molecule has 0 aromatic heterocycles. The lowest BCUT2D eigenvalue weighted by Crippen LogP contribution is -2.46. The van der Waals surface area contributed by atoms with Gasteiger partial charge >= 0.3 is 0 Å². The molecular weight excluding hydrogens is 208 g/mol. The second-order valence-corrected chi connectivity index (χ2v) is 6.17. The average Bonchev–Trinajstić information content (AvgIpc) is 2.26. The van der Waals surface area contributed by atoms with E-state index in [1.165, 1.54) is 51.9 Å². The third-order valence-corrected chi connectivity index (χ3v) is 3.93. The van der Waals surface area contributed by atoms with Crippen LogP contribution in [-0.4, -0.2) is 37.1 Å². The monoisotopic (exact) mass is 240 g/mol. The molecule has 1 rings (SSSR count). The van der Waals surface area contributed by atoms with Crippen molar-refractivity contribution in [1.29, 1.82) is 0 Å². The van der Waals surface area contributed by atoms with E-state index in [9.17, 15) is 0 Å². The van der Waals surface area contributed by atoms with Crippen molar-refractivity contribution in [2.75, 3.05) is 26.2 Å². The van der Waals surface area contributed by atoms with Gasteiger partial charge in [0.1, 0.15) is 0 Å². The SMILES string of the molecule is CCCCCC(C)N1CC(C)CNCC(C)C1. The Labute approximate surface area is 108 Å². The second kappa shape index (κ2) is 8.10. The molecule has 0 saturated carbocycles. The molecule has 0 amide bonds. The van der Waals surface area contributed by atoms with E-state index in [0.29, 0.717) is 0 Å². The third kappa shape index (κ3) is 5.87. The molecule has 0 spiro atoms. The number of nitrogens with one attached hydrogen (secondary N) is 1. The molecule has 1 aliphatic heterocycles. The van der Waals surface area contributed by atoms with Crippen LogP contribution < -0.4 is 5.32 Å². The van der Waals surface area contributed by atoms with E-state index in [4.69, 9.17) is 0 Å². The van der Waals surface area contributed by atoms with Gasteiger partial charge in [0.25, 0.3) is 0 Å². The summed E-state index contributed by atoms with van der Waals surface area (Å²) in [5.74, 6) is 1.58. The first-order valence-electron chi connectivity index (χ1n) is 7.58. The topological polar surface area (TPSA) is 15.3 Å². The van der Waals surface area contributed by atoms with E-state index in [1.807, 2.05) is 0 Å². The van der Waals surface area contributed by atoms with Crippen molar-refractivity contribution in [3.8, 4) is 0 Å². The predicted octanol–water partition coefficient (Wildman–Crippen LogP) is 3.13. The minimum Gasteiger partial charge on any atom is -0.316 e. The summed E-state index contributed by atoms with van der Waals surface area (Å²) >= 11 is 0. The van der Waals surface area contributed by atoms with Crippen molar-refractivity contribution in [2.45, 2.75) is 59.4 Å². The van der Waals surface area contributed by atoms with Crippen molar-refractivity contribution >= 4 is 0 Å². The molecule has 102 valence electrons. The minimum atomic E-state index is 0.768. The summed E-state index contributed by atoms with van der Waals surface area (Å²) in [4.78, 5) is 2.73. The van der Waals surface area contributed by atoms with Crippen molar-refractivity contribution in [3.05, 3.63) is 0 Å². The highest BCUT2D eigenvalue weighted by atomic mass is 15.2. The maximum Gasteiger partial charge on any atom is 0.00671 e. The Morgan fingerprint density at radius 2 is 1.71 bits per heavy atom. The standard InChI is InChI=1S/C15H32N2/c1-5-6-7-8-15(4)17-11-13(2)9-16-10-14(3)12-17/h13-16H,5-12H2,1-4H3. The Morgan fingerprint density at radius 1 is 1.12 bits per heavy atom. The molecule has 0 radical (unpaired) electrons. The predicted molar refractivity (Wildman–Crippen MR) is 76.4 cm³/mol. The number of unbranched alkanes of at least 4 members (excludes halogenated alkanes) is 2. The fraction of sp³-hybridized carbons (Fsp3) is 1.00. The molecule has 3 unspecified atom stereocenters. The van der Waals surface area contributed by atoms with Gasteiger partial charge in [0.2, 0.25) is 0 Å². The van der Waals surface area contributed by atoms with Gasteiger partial charge in [-0.1, -0.05) is 40.0 Å². The lowest BCUT2D eigenvalue weighted by atomic mass is 10.0. The highest BCUT2D eigenvalue weighted by Gasteiger charge is 2.20. The highest BCUT2D eigenvalue weighted by Crippen LogP contribution is 2.15. The van der Waals surface area contributed by atoms with E-state index in [-0.39, 0.29) is 0 Å². The molecule has 0 aromatic rings. The molecule has 2 heteroatoms. The number of nitrogens with zero attached hydrogens (tertiary/aromatic N) is 1. The highest BCUT2D eigenvalue weighted by molar-refractivity contribution is 4.76. The third-order valence-electron chi connectivity index (χ3n) is 3.93. The molecule has 1 N–H and O–H groups in total. The maximum atomic E-state index is 3.57. The van der Waals surface area contributed by atoms with Crippen LogP contribution in [0, 0.1) is 11.8 Å². The molecule has 1 aliphatic rings. The van der Waals surface area contributed by atoms with Gasteiger partial charge in [-0.3, -0.25) is 0 Å². The maximum absolute atomic E-state index is 3.57. The van der Waals surface area contributed by atoms with Crippen LogP contribution in [0.4, 0.5) is 0 Å². The second-order valence-electron chi connectivity index (χ2n) is 6.17. The van der Waals surface area contributed by atoms with Crippen molar-refractivity contribution in [2.24, 2.45) is 11.8 Å². The summed E-state index contributed by atoms with van der Waals surface area (Å²) in [5.41, 5.74) is 0. The van der Waals surface area contributed by atoms with E-state index >= 15 is 0 Å². The first-order chi connectivity index (χ1) is 8.13. The zero-order chi connectivity index (χ0) is 12.7. The fourth-order valence-corrected chi connectivity index (χ4v) is 2.81. The van der Waals surface area contributed by atoms with Crippen LogP contribution in [0.3, 0.4) is 0 Å². The van der Waals surface area contributed by atoms with Crippen molar-refractivity contribution in [3.63, 3.8) is 0 Å². The molecule has 17 heavy (non-hydrogen) atoms. The molecule has 3 atom stereocenters. The van der Waals surface area contributed by atoms with Crippen LogP contribution in [0.25, 0.3) is 0 Å². The normalized spacial score (nSPS) is 29.6. The number of hydrogen-bond acceptors (Lipinski definition) is 2. The molecule has 0 aromatic carbocycles. The average molecular weight is 240 g/mol. The summed E-state index contributed by atoms with van der Waals surface area (Å²) in [5, 5.41) is 3.57. The molecule has 1 fully saturated rings. The van der Waals surface area contributed by atoms with Gasteiger partial charge in [-0.25, -0.2) is 0 Å². The van der Waals surface area contributed by atoms with Gasteiger partial charge in [-0.05, 0) is 38.3 Å². The van der Waals surface area contributed by atoms with Gasteiger partial charge in [0, 0.05) is 19.1 Å². The molecule has 1 saturated heterocycles. The lowest BCUT2D eigenvalue weighted by Gasteiger charge is -2.36. The smallest absolute Gasteiger partial charge is 0.00671 e. The Hall–Kier alpha value is -0.0800. The summed E-state index contributed by atoms with van der Waals surface area (Å²) in [7, 11) is 0. The quantitative estimate of drug-likeness (QED) is 0.743. The molecule has 1 heterocycles. The first kappa shape index (κ1) is 15.0. The van der Waals surface area contributed by atoms with E-state index in [2.05, 4.69) is 37.9 Å². The van der Waals surface area contributed by atoms with Crippen LogP contribution in [-0.2, 0) is 0 Å². The Morgan fingerprint density at radius 3 is 2.24 bits per heavy atom. The fourth-order valence-electron chi connectivity index (χ4n) is 2.81. The van der Waals surface area contributed by atoms with Crippen LogP contribution in [0.15, 0.2) is 0 Å². The molecular formula is C15H32N2. The van der Waals surface area contributed by atoms with E-state index < -0.39 is 0 Å². The summed E-state index contributed by atoms with van der Waals surface area (Å²) < 4.78 is 0. The van der Waals surface area contributed by atoms with Crippen LogP contribution in [0.5, 0.6) is 0 Å². The zero-order valence-electron chi connectivity index (χ0n) is 12.3. The van der Waals surface area contributed by atoms with Crippen molar-refractivity contribution in [1.82, 2.24) is 10.2 Å². The van der Waals surface area contributed by atoms with Gasteiger partial charge in [-0.15, -0.1) is 0 Å². The Balaban J connectivity index is 2.40. The number of rotatable bonds is 5. The molecule has 2 nitrogen and oxygen atoms in total. The minimum absolute atomic E-state index is 0.768. The van der Waals surface area contributed by atoms with Gasteiger partial charge < -0.3 is 10.2 Å². The van der Waals surface area contributed by atoms with Crippen LogP contribution in [0.2, 0.25) is 0 Å². The van der Waals surface area contributed by atoms with E-state index in [1.54, 1.807) is 0 Å². The van der Waals surface area contributed by atoms with Gasteiger partial charge in [0.05, 0.1) is 0 Å². The summed E-state index contributed by atoms with van der Waals surface area (Å²) in [6.45, 7) is 14.4. The zero-order valence-corrected chi connectivity index (χ0v) is 12.3. The first-order valence-corrected chi connectivity index (χ1v) is 7.58. The Kier molecular flexibility index (Phi) is 7.14. The molecule has 0 bridgehead atoms. The Bertz CT molecular complexity index is 181. The van der Waals surface area contributed by atoms with Gasteiger partial charge in [0.15, 0.2) is 0 Å². The largest absolute Gasteiger partial charge is 0.316 e. The van der Waals surface area contributed by atoms with Crippen LogP contribution in [0.1, 0.15) is 53.4 Å². The summed E-state index contributed by atoms with van der Waals surface area (Å²) in [6, 6.07) is 0.768.